The van der Waals surface area contributed by atoms with E-state index >= 15 is 0 Å². The fourth-order valence-corrected chi connectivity index (χ4v) is 2.67. The third kappa shape index (κ3) is 5.12. The minimum Gasteiger partial charge on any atom is -0.497 e. The molecule has 0 aliphatic carbocycles. The van der Waals surface area contributed by atoms with Crippen LogP contribution >= 0.6 is 0 Å². The van der Waals surface area contributed by atoms with Gasteiger partial charge in [-0.05, 0) is 54.8 Å². The van der Waals surface area contributed by atoms with Crippen LogP contribution in [0.1, 0.15) is 29.7 Å². The third-order valence-corrected chi connectivity index (χ3v) is 4.06. The average molecular weight is 359 g/mol. The molecule has 26 heavy (non-hydrogen) atoms. The van der Waals surface area contributed by atoms with Crippen LogP contribution in [0.4, 0.5) is 4.39 Å². The number of benzene rings is 2. The first-order valence-electron chi connectivity index (χ1n) is 8.42. The normalized spacial score (nSPS) is 12.5. The summed E-state index contributed by atoms with van der Waals surface area (Å²) in [6.45, 7) is 4.57. The van der Waals surface area contributed by atoms with Crippen molar-refractivity contribution in [3.05, 3.63) is 58.9 Å². The van der Waals surface area contributed by atoms with Crippen molar-refractivity contribution in [2.24, 2.45) is 4.99 Å². The number of hydrogen-bond donors (Lipinski definition) is 2. The second kappa shape index (κ2) is 9.08. The highest BCUT2D eigenvalue weighted by Crippen LogP contribution is 2.21. The maximum Gasteiger partial charge on any atom is 0.191 e. The number of ether oxygens (including phenoxy) is 2. The quantitative estimate of drug-likeness (QED) is 0.611. The molecule has 0 saturated heterocycles. The van der Waals surface area contributed by atoms with Gasteiger partial charge in [-0.2, -0.15) is 0 Å². The van der Waals surface area contributed by atoms with Crippen LogP contribution in [0.5, 0.6) is 11.5 Å². The Bertz CT molecular complexity index is 778. The summed E-state index contributed by atoms with van der Waals surface area (Å²) in [4.78, 5) is 4.23. The van der Waals surface area contributed by atoms with Gasteiger partial charge in [-0.1, -0.05) is 12.1 Å². The molecule has 2 aromatic rings. The predicted molar refractivity (Wildman–Crippen MR) is 102 cm³/mol. The first kappa shape index (κ1) is 19.6. The molecule has 0 saturated carbocycles. The highest BCUT2D eigenvalue weighted by atomic mass is 19.1. The van der Waals surface area contributed by atoms with Crippen LogP contribution in [0, 0.1) is 12.7 Å². The minimum absolute atomic E-state index is 0.117. The summed E-state index contributed by atoms with van der Waals surface area (Å²) < 4.78 is 24.2. The lowest BCUT2D eigenvalue weighted by Gasteiger charge is -2.19. The highest BCUT2D eigenvalue weighted by molar-refractivity contribution is 5.80. The van der Waals surface area contributed by atoms with Gasteiger partial charge in [-0.25, -0.2) is 4.39 Å². The number of rotatable bonds is 6. The summed E-state index contributed by atoms with van der Waals surface area (Å²) >= 11 is 0. The van der Waals surface area contributed by atoms with Gasteiger partial charge < -0.3 is 20.1 Å². The topological polar surface area (TPSA) is 54.9 Å². The molecule has 140 valence electrons. The lowest BCUT2D eigenvalue weighted by molar-refractivity contribution is 0.386. The number of aryl methyl sites for hydroxylation is 1. The van der Waals surface area contributed by atoms with E-state index in [0.29, 0.717) is 12.5 Å². The predicted octanol–water partition coefficient (Wildman–Crippen LogP) is 3.58. The van der Waals surface area contributed by atoms with E-state index in [1.165, 1.54) is 13.2 Å². The van der Waals surface area contributed by atoms with E-state index in [-0.39, 0.29) is 17.6 Å². The van der Waals surface area contributed by atoms with Gasteiger partial charge in [-0.15, -0.1) is 0 Å². The molecule has 0 spiro atoms. The van der Waals surface area contributed by atoms with Crippen molar-refractivity contribution in [2.75, 3.05) is 21.3 Å². The van der Waals surface area contributed by atoms with Crippen molar-refractivity contribution in [3.63, 3.8) is 0 Å². The molecule has 1 atom stereocenters. The van der Waals surface area contributed by atoms with Gasteiger partial charge in [0.1, 0.15) is 5.75 Å². The SMILES string of the molecule is CN=C(NCc1cc(C)cc(OC)c1)NC(C)c1ccc(OC)c(F)c1. The van der Waals surface area contributed by atoms with Crippen LogP contribution in [-0.4, -0.2) is 27.2 Å². The van der Waals surface area contributed by atoms with Crippen LogP contribution in [0.3, 0.4) is 0 Å². The number of aliphatic imine (C=N–C) groups is 1. The molecule has 0 aromatic heterocycles. The van der Waals surface area contributed by atoms with Gasteiger partial charge in [0.05, 0.1) is 20.3 Å². The maximum atomic E-state index is 13.9. The van der Waals surface area contributed by atoms with E-state index in [2.05, 4.69) is 21.7 Å². The van der Waals surface area contributed by atoms with Gasteiger partial charge in [-0.3, -0.25) is 4.99 Å². The summed E-state index contributed by atoms with van der Waals surface area (Å²) in [7, 11) is 4.81. The Morgan fingerprint density at radius 3 is 2.54 bits per heavy atom. The monoisotopic (exact) mass is 359 g/mol. The Morgan fingerprint density at radius 1 is 1.15 bits per heavy atom. The second-order valence-electron chi connectivity index (χ2n) is 6.04. The summed E-state index contributed by atoms with van der Waals surface area (Å²) in [5.74, 6) is 1.31. The lowest BCUT2D eigenvalue weighted by atomic mass is 10.1. The standard InChI is InChI=1S/C20H26FN3O2/c1-13-8-15(10-17(9-13)25-4)12-23-20(22-3)24-14(2)16-6-7-19(26-5)18(21)11-16/h6-11,14H,12H2,1-5H3,(H2,22,23,24). The number of halogens is 1. The third-order valence-electron chi connectivity index (χ3n) is 4.06. The molecule has 2 aromatic carbocycles. The molecule has 0 amide bonds. The molecule has 2 N–H and O–H groups in total. The van der Waals surface area contributed by atoms with Crippen molar-refractivity contribution >= 4 is 5.96 Å². The van der Waals surface area contributed by atoms with Crippen LogP contribution in [0.2, 0.25) is 0 Å². The van der Waals surface area contributed by atoms with Gasteiger partial charge >= 0.3 is 0 Å². The molecule has 0 bridgehead atoms. The number of nitrogens with zero attached hydrogens (tertiary/aromatic N) is 1. The average Bonchev–Trinajstić information content (AvgIpc) is 2.64. The molecule has 5 nitrogen and oxygen atoms in total. The van der Waals surface area contributed by atoms with Crippen LogP contribution in [0.15, 0.2) is 41.4 Å². The van der Waals surface area contributed by atoms with Crippen molar-refractivity contribution in [3.8, 4) is 11.5 Å². The van der Waals surface area contributed by atoms with Crippen molar-refractivity contribution in [2.45, 2.75) is 26.4 Å². The zero-order chi connectivity index (χ0) is 19.1. The molecule has 1 unspecified atom stereocenters. The van der Waals surface area contributed by atoms with E-state index in [0.717, 1.165) is 22.4 Å². The molecule has 0 aliphatic heterocycles. The zero-order valence-corrected chi connectivity index (χ0v) is 15.9. The smallest absolute Gasteiger partial charge is 0.191 e. The van der Waals surface area contributed by atoms with E-state index < -0.39 is 0 Å². The molecular formula is C20H26FN3O2. The molecule has 0 aliphatic rings. The molecule has 2 rings (SSSR count). The van der Waals surface area contributed by atoms with Gasteiger partial charge in [0.15, 0.2) is 17.5 Å². The largest absolute Gasteiger partial charge is 0.497 e. The molecule has 0 heterocycles. The van der Waals surface area contributed by atoms with Crippen LogP contribution in [-0.2, 0) is 6.54 Å². The lowest BCUT2D eigenvalue weighted by Crippen LogP contribution is -2.38. The zero-order valence-electron chi connectivity index (χ0n) is 15.9. The van der Waals surface area contributed by atoms with Gasteiger partial charge in [0.25, 0.3) is 0 Å². The minimum atomic E-state index is -0.381. The molecule has 0 fully saturated rings. The Morgan fingerprint density at radius 2 is 1.92 bits per heavy atom. The molecule has 6 heteroatoms. The van der Waals surface area contributed by atoms with E-state index in [1.54, 1.807) is 20.2 Å². The summed E-state index contributed by atoms with van der Waals surface area (Å²) in [6, 6.07) is 10.9. The van der Waals surface area contributed by atoms with Crippen molar-refractivity contribution < 1.29 is 13.9 Å². The number of methoxy groups -OCH3 is 2. The summed E-state index contributed by atoms with van der Waals surface area (Å²) in [5, 5.41) is 6.53. The number of guanidine groups is 1. The first-order valence-corrected chi connectivity index (χ1v) is 8.42. The van der Waals surface area contributed by atoms with Crippen molar-refractivity contribution in [1.82, 2.24) is 10.6 Å². The molecule has 0 radical (unpaired) electrons. The van der Waals surface area contributed by atoms with Crippen LogP contribution < -0.4 is 20.1 Å². The Hall–Kier alpha value is -2.76. The van der Waals surface area contributed by atoms with Crippen LogP contribution in [0.25, 0.3) is 0 Å². The fourth-order valence-electron chi connectivity index (χ4n) is 2.67. The Balaban J connectivity index is 2.01. The Kier molecular flexibility index (Phi) is 6.83. The fraction of sp³-hybridized carbons (Fsp3) is 0.350. The first-order chi connectivity index (χ1) is 12.5. The summed E-state index contributed by atoms with van der Waals surface area (Å²) in [6.07, 6.45) is 0. The van der Waals surface area contributed by atoms with E-state index in [9.17, 15) is 4.39 Å². The van der Waals surface area contributed by atoms with Gasteiger partial charge in [0, 0.05) is 13.6 Å². The molecular weight excluding hydrogens is 333 g/mol. The van der Waals surface area contributed by atoms with E-state index in [1.807, 2.05) is 32.0 Å². The number of nitrogens with one attached hydrogen (secondary N) is 2. The second-order valence-corrected chi connectivity index (χ2v) is 6.04. The highest BCUT2D eigenvalue weighted by Gasteiger charge is 2.11. The summed E-state index contributed by atoms with van der Waals surface area (Å²) in [5.41, 5.74) is 3.03. The number of hydrogen-bond acceptors (Lipinski definition) is 3. The van der Waals surface area contributed by atoms with Crippen molar-refractivity contribution in [1.29, 1.82) is 0 Å². The Labute approximate surface area is 154 Å². The van der Waals surface area contributed by atoms with Gasteiger partial charge in [0.2, 0.25) is 0 Å². The maximum absolute atomic E-state index is 13.9. The van der Waals surface area contributed by atoms with E-state index in [4.69, 9.17) is 9.47 Å².